The van der Waals surface area contributed by atoms with Crippen LogP contribution < -0.4 is 5.32 Å². The van der Waals surface area contributed by atoms with Crippen molar-refractivity contribution in [3.63, 3.8) is 0 Å². The van der Waals surface area contributed by atoms with Gasteiger partial charge in [-0.05, 0) is 35.4 Å². The first-order valence-electron chi connectivity index (χ1n) is 7.19. The van der Waals surface area contributed by atoms with Crippen molar-refractivity contribution in [3.8, 4) is 0 Å². The van der Waals surface area contributed by atoms with Crippen LogP contribution in [0.15, 0.2) is 0 Å². The number of ether oxygens (including phenoxy) is 1. The van der Waals surface area contributed by atoms with Crippen LogP contribution in [0.4, 0.5) is 5.82 Å². The fraction of sp³-hybridized carbons (Fsp3) is 0.733. The van der Waals surface area contributed by atoms with Gasteiger partial charge in [0.15, 0.2) is 5.82 Å². The SMILES string of the molecule is CCCNc1nc(C(CC)OC)nc(C(C)(C)C)c1I. The quantitative estimate of drug-likeness (QED) is 0.735. The number of hydrogen-bond donors (Lipinski definition) is 1. The van der Waals surface area contributed by atoms with E-state index in [0.29, 0.717) is 0 Å². The predicted molar refractivity (Wildman–Crippen MR) is 92.3 cm³/mol. The molecule has 1 N–H and O–H groups in total. The second-order valence-electron chi connectivity index (χ2n) is 5.90. The Hall–Kier alpha value is -0.430. The molecule has 0 aliphatic carbocycles. The molecule has 0 fully saturated rings. The average Bonchev–Trinajstić information content (AvgIpc) is 2.38. The minimum Gasteiger partial charge on any atom is -0.373 e. The molecule has 5 heteroatoms. The fourth-order valence-corrected chi connectivity index (χ4v) is 3.16. The largest absolute Gasteiger partial charge is 0.373 e. The van der Waals surface area contributed by atoms with E-state index >= 15 is 0 Å². The molecular formula is C15H26IN3O. The summed E-state index contributed by atoms with van der Waals surface area (Å²) >= 11 is 2.34. The molecular weight excluding hydrogens is 365 g/mol. The number of halogens is 1. The monoisotopic (exact) mass is 391 g/mol. The first-order chi connectivity index (χ1) is 9.35. The number of aromatic nitrogens is 2. The van der Waals surface area contributed by atoms with Gasteiger partial charge in [0.2, 0.25) is 0 Å². The molecule has 0 aliphatic heterocycles. The van der Waals surface area contributed by atoms with E-state index in [9.17, 15) is 0 Å². The third kappa shape index (κ3) is 4.28. The van der Waals surface area contributed by atoms with E-state index in [2.05, 4.69) is 67.5 Å². The molecule has 1 heterocycles. The molecule has 4 nitrogen and oxygen atoms in total. The first kappa shape index (κ1) is 17.6. The van der Waals surface area contributed by atoms with Crippen LogP contribution >= 0.6 is 22.6 Å². The van der Waals surface area contributed by atoms with Crippen molar-refractivity contribution < 1.29 is 4.74 Å². The van der Waals surface area contributed by atoms with Gasteiger partial charge in [-0.15, -0.1) is 0 Å². The molecule has 0 aliphatic rings. The van der Waals surface area contributed by atoms with Crippen LogP contribution in [0, 0.1) is 3.57 Å². The summed E-state index contributed by atoms with van der Waals surface area (Å²) in [6.07, 6.45) is 1.89. The zero-order chi connectivity index (χ0) is 15.3. The molecule has 0 radical (unpaired) electrons. The van der Waals surface area contributed by atoms with Gasteiger partial charge < -0.3 is 10.1 Å². The van der Waals surface area contributed by atoms with Crippen molar-refractivity contribution in [3.05, 3.63) is 15.1 Å². The van der Waals surface area contributed by atoms with Crippen LogP contribution in [0.1, 0.15) is 65.1 Å². The molecule has 1 aromatic heterocycles. The number of anilines is 1. The minimum absolute atomic E-state index is 0.0110. The zero-order valence-electron chi connectivity index (χ0n) is 13.4. The molecule has 0 bridgehead atoms. The third-order valence-corrected chi connectivity index (χ3v) is 4.09. The molecule has 0 aromatic carbocycles. The normalized spacial score (nSPS) is 13.3. The Kier molecular flexibility index (Phi) is 6.64. The van der Waals surface area contributed by atoms with Gasteiger partial charge in [-0.25, -0.2) is 9.97 Å². The maximum Gasteiger partial charge on any atom is 0.159 e. The Morgan fingerprint density at radius 1 is 1.25 bits per heavy atom. The van der Waals surface area contributed by atoms with Crippen molar-refractivity contribution in [2.75, 3.05) is 19.0 Å². The van der Waals surface area contributed by atoms with Gasteiger partial charge in [-0.1, -0.05) is 34.6 Å². The van der Waals surface area contributed by atoms with Crippen LogP contribution in [-0.4, -0.2) is 23.6 Å². The Morgan fingerprint density at radius 3 is 2.35 bits per heavy atom. The molecule has 114 valence electrons. The van der Waals surface area contributed by atoms with Crippen molar-refractivity contribution in [2.45, 2.75) is 59.0 Å². The van der Waals surface area contributed by atoms with E-state index in [4.69, 9.17) is 9.72 Å². The second kappa shape index (κ2) is 7.54. The molecule has 0 amide bonds. The van der Waals surface area contributed by atoms with Crippen LogP contribution in [-0.2, 0) is 10.2 Å². The summed E-state index contributed by atoms with van der Waals surface area (Å²) in [5.74, 6) is 1.71. The van der Waals surface area contributed by atoms with Crippen LogP contribution in [0.3, 0.4) is 0 Å². The molecule has 1 rings (SSSR count). The summed E-state index contributed by atoms with van der Waals surface area (Å²) in [5, 5.41) is 3.40. The van der Waals surface area contributed by atoms with Gasteiger partial charge in [-0.2, -0.15) is 0 Å². The second-order valence-corrected chi connectivity index (χ2v) is 6.98. The highest BCUT2D eigenvalue weighted by Gasteiger charge is 2.25. The number of methoxy groups -OCH3 is 1. The van der Waals surface area contributed by atoms with Crippen molar-refractivity contribution in [1.82, 2.24) is 9.97 Å². The smallest absolute Gasteiger partial charge is 0.159 e. The summed E-state index contributed by atoms with van der Waals surface area (Å²) in [5.41, 5.74) is 1.07. The average molecular weight is 391 g/mol. The Balaban J connectivity index is 3.33. The maximum atomic E-state index is 5.50. The molecule has 1 aromatic rings. The lowest BCUT2D eigenvalue weighted by Crippen LogP contribution is -2.21. The zero-order valence-corrected chi connectivity index (χ0v) is 15.5. The third-order valence-electron chi connectivity index (χ3n) is 3.06. The highest BCUT2D eigenvalue weighted by Crippen LogP contribution is 2.31. The van der Waals surface area contributed by atoms with E-state index in [-0.39, 0.29) is 11.5 Å². The van der Waals surface area contributed by atoms with Gasteiger partial charge in [0.25, 0.3) is 0 Å². The number of hydrogen-bond acceptors (Lipinski definition) is 4. The lowest BCUT2D eigenvalue weighted by Gasteiger charge is -2.23. The molecule has 20 heavy (non-hydrogen) atoms. The van der Waals surface area contributed by atoms with Crippen LogP contribution in [0.5, 0.6) is 0 Å². The summed E-state index contributed by atoms with van der Waals surface area (Å²) in [4.78, 5) is 9.44. The van der Waals surface area contributed by atoms with E-state index in [1.165, 1.54) is 0 Å². The predicted octanol–water partition coefficient (Wildman–Crippen LogP) is 4.30. The molecule has 1 atom stereocenters. The summed E-state index contributed by atoms with van der Waals surface area (Å²) in [6, 6.07) is 0. The Morgan fingerprint density at radius 2 is 1.90 bits per heavy atom. The number of nitrogens with zero attached hydrogens (tertiary/aromatic N) is 2. The Bertz CT molecular complexity index is 439. The van der Waals surface area contributed by atoms with Gasteiger partial charge in [0.1, 0.15) is 11.9 Å². The highest BCUT2D eigenvalue weighted by atomic mass is 127. The van der Waals surface area contributed by atoms with Crippen LogP contribution in [0.25, 0.3) is 0 Å². The lowest BCUT2D eigenvalue weighted by molar-refractivity contribution is 0.0922. The molecule has 0 saturated heterocycles. The van der Waals surface area contributed by atoms with Gasteiger partial charge in [0, 0.05) is 19.1 Å². The van der Waals surface area contributed by atoms with E-state index in [1.807, 2.05) is 0 Å². The van der Waals surface area contributed by atoms with Crippen molar-refractivity contribution >= 4 is 28.4 Å². The number of rotatable bonds is 6. The summed E-state index contributed by atoms with van der Waals surface area (Å²) < 4.78 is 6.61. The van der Waals surface area contributed by atoms with E-state index in [1.54, 1.807) is 7.11 Å². The van der Waals surface area contributed by atoms with Gasteiger partial charge >= 0.3 is 0 Å². The van der Waals surface area contributed by atoms with E-state index < -0.39 is 0 Å². The minimum atomic E-state index is -0.0460. The van der Waals surface area contributed by atoms with Gasteiger partial charge in [-0.3, -0.25) is 0 Å². The van der Waals surface area contributed by atoms with Gasteiger partial charge in [0.05, 0.1) is 9.26 Å². The van der Waals surface area contributed by atoms with Crippen LogP contribution in [0.2, 0.25) is 0 Å². The van der Waals surface area contributed by atoms with Crippen molar-refractivity contribution in [2.24, 2.45) is 0 Å². The topological polar surface area (TPSA) is 47.0 Å². The fourth-order valence-electron chi connectivity index (χ4n) is 1.92. The molecule has 0 spiro atoms. The molecule has 1 unspecified atom stereocenters. The standard InChI is InChI=1S/C15H26IN3O/c1-7-9-17-14-11(16)12(15(3,4)5)18-13(19-14)10(8-2)20-6/h10H,7-9H2,1-6H3,(H,17,18,19). The van der Waals surface area contributed by atoms with Crippen molar-refractivity contribution in [1.29, 1.82) is 0 Å². The molecule has 0 saturated carbocycles. The highest BCUT2D eigenvalue weighted by molar-refractivity contribution is 14.1. The Labute approximate surface area is 136 Å². The number of nitrogens with one attached hydrogen (secondary N) is 1. The van der Waals surface area contributed by atoms with E-state index in [0.717, 1.165) is 40.3 Å². The summed E-state index contributed by atoms with van der Waals surface area (Å²) in [7, 11) is 1.71. The first-order valence-corrected chi connectivity index (χ1v) is 8.27. The summed E-state index contributed by atoms with van der Waals surface area (Å²) in [6.45, 7) is 11.7. The lowest BCUT2D eigenvalue weighted by atomic mass is 9.91. The maximum absolute atomic E-state index is 5.50.